The lowest BCUT2D eigenvalue weighted by Gasteiger charge is -2.29. The first kappa shape index (κ1) is 12.9. The number of imide groups is 1. The molecule has 96 valence electrons. The van der Waals surface area contributed by atoms with E-state index in [2.05, 4.69) is 10.2 Å². The number of fused-ring (bicyclic) bond motifs is 1. The second-order valence-electron chi connectivity index (χ2n) is 4.53. The Kier molecular flexibility index (Phi) is 3.57. The third-order valence-corrected chi connectivity index (χ3v) is 3.44. The summed E-state index contributed by atoms with van der Waals surface area (Å²) in [5.41, 5.74) is 1.98. The Morgan fingerprint density at radius 2 is 1.72 bits per heavy atom. The van der Waals surface area contributed by atoms with E-state index in [-0.39, 0.29) is 24.2 Å². The molecule has 2 aliphatic heterocycles. The Bertz CT molecular complexity index is 496. The maximum Gasteiger partial charge on any atom is 0.261 e. The minimum atomic E-state index is -0.274. The van der Waals surface area contributed by atoms with E-state index in [4.69, 9.17) is 0 Å². The molecule has 2 amide bonds. The average molecular weight is 267 g/mol. The Balaban J connectivity index is 0.00000120. The zero-order valence-electron chi connectivity index (χ0n) is 9.94. The van der Waals surface area contributed by atoms with Crippen LogP contribution in [0.25, 0.3) is 0 Å². The van der Waals surface area contributed by atoms with Crippen molar-refractivity contribution in [2.24, 2.45) is 0 Å². The van der Waals surface area contributed by atoms with Crippen molar-refractivity contribution in [3.63, 3.8) is 0 Å². The number of hydrogen-bond acceptors (Lipinski definition) is 3. The van der Waals surface area contributed by atoms with Crippen LogP contribution in [0.3, 0.4) is 0 Å². The van der Waals surface area contributed by atoms with E-state index >= 15 is 0 Å². The molecule has 5 heteroatoms. The van der Waals surface area contributed by atoms with Crippen LogP contribution in [0.2, 0.25) is 0 Å². The van der Waals surface area contributed by atoms with Gasteiger partial charge in [-0.1, -0.05) is 6.07 Å². The fourth-order valence-corrected chi connectivity index (χ4v) is 2.60. The quantitative estimate of drug-likeness (QED) is 0.791. The normalized spacial score (nSPS) is 18.1. The number of hydrogen-bond donors (Lipinski definition) is 1. The number of carbonyl (C=O) groups excluding carboxylic acids is 2. The lowest BCUT2D eigenvalue weighted by atomic mass is 10.0. The van der Waals surface area contributed by atoms with Crippen molar-refractivity contribution >= 4 is 29.9 Å². The highest BCUT2D eigenvalue weighted by Crippen LogP contribution is 2.29. The molecular formula is C13H15ClN2O2. The number of halogens is 1. The van der Waals surface area contributed by atoms with Gasteiger partial charge < -0.3 is 4.90 Å². The summed E-state index contributed by atoms with van der Waals surface area (Å²) in [5.74, 6) is -0.532. The predicted molar refractivity (Wildman–Crippen MR) is 71.6 cm³/mol. The summed E-state index contributed by atoms with van der Waals surface area (Å²) in [6.07, 6.45) is 3.55. The lowest BCUT2D eigenvalue weighted by molar-refractivity contribution is 0.0880. The molecule has 0 atom stereocenters. The number of piperidine rings is 1. The highest BCUT2D eigenvalue weighted by atomic mass is 35.5. The summed E-state index contributed by atoms with van der Waals surface area (Å²) in [5, 5.41) is 2.36. The van der Waals surface area contributed by atoms with Crippen LogP contribution in [-0.4, -0.2) is 24.9 Å². The molecule has 2 aliphatic rings. The van der Waals surface area contributed by atoms with E-state index < -0.39 is 0 Å². The van der Waals surface area contributed by atoms with Crippen LogP contribution in [0.5, 0.6) is 0 Å². The Morgan fingerprint density at radius 3 is 2.44 bits per heavy atom. The summed E-state index contributed by atoms with van der Waals surface area (Å²) in [7, 11) is 0. The summed E-state index contributed by atoms with van der Waals surface area (Å²) < 4.78 is 0. The van der Waals surface area contributed by atoms with Crippen LogP contribution < -0.4 is 10.2 Å². The molecule has 0 bridgehead atoms. The summed E-state index contributed by atoms with van der Waals surface area (Å²) in [4.78, 5) is 25.6. The summed E-state index contributed by atoms with van der Waals surface area (Å²) >= 11 is 0. The zero-order chi connectivity index (χ0) is 11.8. The molecule has 3 rings (SSSR count). The molecule has 0 unspecified atom stereocenters. The van der Waals surface area contributed by atoms with Gasteiger partial charge in [0.25, 0.3) is 11.8 Å². The average Bonchev–Trinajstić information content (AvgIpc) is 2.66. The number of anilines is 1. The fraction of sp³-hybridized carbons (Fsp3) is 0.385. The van der Waals surface area contributed by atoms with Gasteiger partial charge in [-0.25, -0.2) is 0 Å². The Hall–Kier alpha value is -1.55. The largest absolute Gasteiger partial charge is 0.371 e. The maximum absolute atomic E-state index is 11.8. The van der Waals surface area contributed by atoms with Gasteiger partial charge in [0.2, 0.25) is 0 Å². The minimum Gasteiger partial charge on any atom is -0.371 e. The highest BCUT2D eigenvalue weighted by Gasteiger charge is 2.31. The zero-order valence-corrected chi connectivity index (χ0v) is 10.8. The number of amides is 2. The molecule has 0 radical (unpaired) electrons. The third kappa shape index (κ3) is 1.97. The van der Waals surface area contributed by atoms with Crippen molar-refractivity contribution in [2.75, 3.05) is 18.0 Å². The van der Waals surface area contributed by atoms with Gasteiger partial charge in [-0.3, -0.25) is 14.9 Å². The lowest BCUT2D eigenvalue weighted by Crippen LogP contribution is -2.31. The second-order valence-corrected chi connectivity index (χ2v) is 4.53. The van der Waals surface area contributed by atoms with Gasteiger partial charge in [-0.2, -0.15) is 0 Å². The summed E-state index contributed by atoms with van der Waals surface area (Å²) in [6, 6.07) is 5.49. The van der Waals surface area contributed by atoms with Crippen molar-refractivity contribution in [1.29, 1.82) is 0 Å². The van der Waals surface area contributed by atoms with Gasteiger partial charge in [0.15, 0.2) is 0 Å². The van der Waals surface area contributed by atoms with E-state index in [1.54, 1.807) is 6.07 Å². The number of carbonyl (C=O) groups is 2. The van der Waals surface area contributed by atoms with Crippen LogP contribution >= 0.6 is 12.4 Å². The monoisotopic (exact) mass is 266 g/mol. The predicted octanol–water partition coefficient (Wildman–Crippen LogP) is 1.98. The van der Waals surface area contributed by atoms with Crippen molar-refractivity contribution < 1.29 is 9.59 Å². The molecule has 1 aromatic carbocycles. The molecule has 1 aromatic rings. The van der Waals surface area contributed by atoms with E-state index in [1.165, 1.54) is 6.42 Å². The molecule has 0 aliphatic carbocycles. The molecule has 1 N–H and O–H groups in total. The van der Waals surface area contributed by atoms with Gasteiger partial charge in [-0.05, 0) is 31.4 Å². The molecule has 0 saturated carbocycles. The standard InChI is InChI=1S/C13H14N2O2.ClH/c16-12-9-5-4-6-10(11(9)13(17)14-12)15-7-2-1-3-8-15;/h4-6H,1-3,7-8H2,(H,14,16,17);1H. The van der Waals surface area contributed by atoms with Crippen LogP contribution in [0.4, 0.5) is 5.69 Å². The molecule has 4 nitrogen and oxygen atoms in total. The first-order valence-corrected chi connectivity index (χ1v) is 6.01. The van der Waals surface area contributed by atoms with Gasteiger partial charge in [0.1, 0.15) is 0 Å². The van der Waals surface area contributed by atoms with E-state index in [0.29, 0.717) is 11.1 Å². The van der Waals surface area contributed by atoms with Crippen LogP contribution in [0, 0.1) is 0 Å². The SMILES string of the molecule is Cl.O=C1NC(=O)c2c1cccc2N1CCCCC1. The molecule has 0 aromatic heterocycles. The van der Waals surface area contributed by atoms with Crippen molar-refractivity contribution in [3.05, 3.63) is 29.3 Å². The first-order valence-electron chi connectivity index (χ1n) is 6.01. The van der Waals surface area contributed by atoms with Crippen LogP contribution in [0.1, 0.15) is 40.0 Å². The van der Waals surface area contributed by atoms with E-state index in [9.17, 15) is 9.59 Å². The molecule has 1 fully saturated rings. The first-order chi connectivity index (χ1) is 8.27. The minimum absolute atomic E-state index is 0. The molecule has 18 heavy (non-hydrogen) atoms. The van der Waals surface area contributed by atoms with Gasteiger partial charge in [0.05, 0.1) is 16.8 Å². The van der Waals surface area contributed by atoms with E-state index in [1.807, 2.05) is 12.1 Å². The van der Waals surface area contributed by atoms with Crippen LogP contribution in [0.15, 0.2) is 18.2 Å². The van der Waals surface area contributed by atoms with Crippen molar-refractivity contribution in [1.82, 2.24) is 5.32 Å². The topological polar surface area (TPSA) is 49.4 Å². The molecular weight excluding hydrogens is 252 g/mol. The summed E-state index contributed by atoms with van der Waals surface area (Å²) in [6.45, 7) is 1.94. The molecule has 2 heterocycles. The number of rotatable bonds is 1. The molecule has 0 spiro atoms. The Morgan fingerprint density at radius 1 is 1.00 bits per heavy atom. The fourth-order valence-electron chi connectivity index (χ4n) is 2.60. The van der Waals surface area contributed by atoms with Gasteiger partial charge in [-0.15, -0.1) is 12.4 Å². The Labute approximate surface area is 112 Å². The van der Waals surface area contributed by atoms with Crippen molar-refractivity contribution in [2.45, 2.75) is 19.3 Å². The smallest absolute Gasteiger partial charge is 0.261 e. The van der Waals surface area contributed by atoms with Crippen molar-refractivity contribution in [3.8, 4) is 0 Å². The second kappa shape index (κ2) is 4.98. The number of nitrogens with zero attached hydrogens (tertiary/aromatic N) is 1. The molecule has 1 saturated heterocycles. The van der Waals surface area contributed by atoms with Crippen LogP contribution in [-0.2, 0) is 0 Å². The van der Waals surface area contributed by atoms with Gasteiger partial charge in [0, 0.05) is 13.1 Å². The third-order valence-electron chi connectivity index (χ3n) is 3.44. The highest BCUT2D eigenvalue weighted by molar-refractivity contribution is 6.23. The number of benzene rings is 1. The van der Waals surface area contributed by atoms with E-state index in [0.717, 1.165) is 31.6 Å². The van der Waals surface area contributed by atoms with Gasteiger partial charge >= 0.3 is 0 Å². The maximum atomic E-state index is 11.8. The number of nitrogens with one attached hydrogen (secondary N) is 1.